The Hall–Kier alpha value is -0.620. The number of halogens is 2. The number of benzene rings is 1. The normalized spacial score (nSPS) is 14.0. The highest BCUT2D eigenvalue weighted by Crippen LogP contribution is 2.21. The fraction of sp³-hybridized carbons (Fsp3) is 0.417. The maximum absolute atomic E-state index is 11.1. The molecule has 1 rings (SSSR count). The second kappa shape index (κ2) is 7.74. The van der Waals surface area contributed by atoms with Crippen LogP contribution < -0.4 is 5.32 Å². The van der Waals surface area contributed by atoms with Crippen LogP contribution in [0.3, 0.4) is 0 Å². The number of carbonyl (C=O) groups is 1. The zero-order valence-electron chi connectivity index (χ0n) is 9.64. The lowest BCUT2D eigenvalue weighted by atomic mass is 10.0. The van der Waals surface area contributed by atoms with Crippen LogP contribution in [-0.4, -0.2) is 33.4 Å². The minimum Gasteiger partial charge on any atom is -0.390 e. The number of rotatable bonds is 6. The average Bonchev–Trinajstić information content (AvgIpc) is 2.39. The molecule has 0 bridgehead atoms. The average molecular weight is 337 g/mol. The predicted octanol–water partition coefficient (Wildman–Crippen LogP) is 2.04. The van der Waals surface area contributed by atoms with Gasteiger partial charge in [0.25, 0.3) is 0 Å². The summed E-state index contributed by atoms with van der Waals surface area (Å²) in [5.74, 6) is -0.391. The summed E-state index contributed by atoms with van der Waals surface area (Å²) in [5.41, 5.74) is 1.21. The zero-order chi connectivity index (χ0) is 13.5. The van der Waals surface area contributed by atoms with Gasteiger partial charge in [0.15, 0.2) is 0 Å². The Bertz CT molecular complexity index is 385. The van der Waals surface area contributed by atoms with Gasteiger partial charge in [0.05, 0.1) is 6.10 Å². The van der Waals surface area contributed by atoms with Crippen LogP contribution in [0.2, 0.25) is 0 Å². The van der Waals surface area contributed by atoms with Crippen LogP contribution in [0, 0.1) is 0 Å². The molecule has 2 unspecified atom stereocenters. The zero-order valence-corrected chi connectivity index (χ0v) is 12.0. The third-order valence-electron chi connectivity index (χ3n) is 2.43. The number of alkyl halides is 2. The minimum atomic E-state index is -0.930. The van der Waals surface area contributed by atoms with Crippen molar-refractivity contribution in [3.8, 4) is 0 Å². The third-order valence-corrected chi connectivity index (χ3v) is 3.13. The molecule has 1 aromatic carbocycles. The van der Waals surface area contributed by atoms with Crippen molar-refractivity contribution in [1.29, 1.82) is 0 Å². The molecule has 1 amide bonds. The Morgan fingerprint density at radius 2 is 1.94 bits per heavy atom. The van der Waals surface area contributed by atoms with Crippen molar-refractivity contribution in [2.24, 2.45) is 0 Å². The first-order valence-corrected chi connectivity index (χ1v) is 7.12. The second-order valence-electron chi connectivity index (χ2n) is 3.79. The molecule has 1 aromatic rings. The monoisotopic (exact) mass is 335 g/mol. The summed E-state index contributed by atoms with van der Waals surface area (Å²) in [6.45, 7) is 0. The maximum Gasteiger partial charge on any atom is 0.239 e. The van der Waals surface area contributed by atoms with Crippen molar-refractivity contribution in [2.45, 2.75) is 18.6 Å². The molecule has 0 saturated heterocycles. The summed E-state index contributed by atoms with van der Waals surface area (Å²) in [6, 6.07) is 6.63. The molecule has 0 aliphatic carbocycles. The van der Waals surface area contributed by atoms with E-state index in [2.05, 4.69) is 21.2 Å². The largest absolute Gasteiger partial charge is 0.390 e. The van der Waals surface area contributed by atoms with Crippen LogP contribution in [0.5, 0.6) is 0 Å². The number of hydrogen-bond acceptors (Lipinski definition) is 3. The maximum atomic E-state index is 11.1. The quantitative estimate of drug-likeness (QED) is 0.696. The fourth-order valence-corrected chi connectivity index (χ4v) is 1.99. The lowest BCUT2D eigenvalue weighted by Crippen LogP contribution is -2.18. The molecule has 0 heterocycles. The number of amides is 1. The van der Waals surface area contributed by atoms with Gasteiger partial charge in [-0.25, -0.2) is 0 Å². The van der Waals surface area contributed by atoms with E-state index in [1.807, 2.05) is 0 Å². The van der Waals surface area contributed by atoms with Gasteiger partial charge in [-0.2, -0.15) is 0 Å². The summed E-state index contributed by atoms with van der Waals surface area (Å²) >= 11 is 8.58. The van der Waals surface area contributed by atoms with Crippen LogP contribution in [0.15, 0.2) is 24.3 Å². The van der Waals surface area contributed by atoms with Crippen molar-refractivity contribution in [3.05, 3.63) is 29.8 Å². The van der Waals surface area contributed by atoms with Gasteiger partial charge in [-0.05, 0) is 24.1 Å². The standard InChI is InChI=1S/C12H15BrClNO3/c13-6-5-10(16)12(18)8-1-3-9(4-2-8)15-11(17)7-14/h1-4,10,12,16,18H,5-7H2,(H,15,17). The minimum absolute atomic E-state index is 0.103. The topological polar surface area (TPSA) is 69.6 Å². The predicted molar refractivity (Wildman–Crippen MR) is 75.2 cm³/mol. The van der Waals surface area contributed by atoms with E-state index in [-0.39, 0.29) is 11.8 Å². The SMILES string of the molecule is O=C(CCl)Nc1ccc(C(O)C(O)CCBr)cc1. The lowest BCUT2D eigenvalue weighted by molar-refractivity contribution is -0.113. The van der Waals surface area contributed by atoms with Gasteiger partial charge in [0, 0.05) is 11.0 Å². The molecule has 0 spiro atoms. The van der Waals surface area contributed by atoms with E-state index in [9.17, 15) is 15.0 Å². The van der Waals surface area contributed by atoms with E-state index in [0.29, 0.717) is 23.0 Å². The van der Waals surface area contributed by atoms with Crippen LogP contribution in [0.25, 0.3) is 0 Å². The van der Waals surface area contributed by atoms with Crippen molar-refractivity contribution >= 4 is 39.1 Å². The van der Waals surface area contributed by atoms with Gasteiger partial charge < -0.3 is 15.5 Å². The highest BCUT2D eigenvalue weighted by Gasteiger charge is 2.17. The Morgan fingerprint density at radius 1 is 1.33 bits per heavy atom. The smallest absolute Gasteiger partial charge is 0.239 e. The first-order chi connectivity index (χ1) is 8.58. The molecule has 4 nitrogen and oxygen atoms in total. The van der Waals surface area contributed by atoms with E-state index in [0.717, 1.165) is 0 Å². The number of hydrogen-bond donors (Lipinski definition) is 3. The van der Waals surface area contributed by atoms with Crippen molar-refractivity contribution in [1.82, 2.24) is 0 Å². The molecule has 0 aliphatic heterocycles. The summed E-state index contributed by atoms with van der Waals surface area (Å²) < 4.78 is 0. The Kier molecular flexibility index (Phi) is 6.63. The van der Waals surface area contributed by atoms with Crippen LogP contribution in [0.4, 0.5) is 5.69 Å². The second-order valence-corrected chi connectivity index (χ2v) is 4.85. The third kappa shape index (κ3) is 4.57. The van der Waals surface area contributed by atoms with Crippen molar-refractivity contribution < 1.29 is 15.0 Å². The molecule has 0 radical (unpaired) electrons. The number of anilines is 1. The first kappa shape index (κ1) is 15.4. The highest BCUT2D eigenvalue weighted by molar-refractivity contribution is 9.09. The highest BCUT2D eigenvalue weighted by atomic mass is 79.9. The molecular formula is C12H15BrClNO3. The van der Waals surface area contributed by atoms with Crippen LogP contribution >= 0.6 is 27.5 Å². The van der Waals surface area contributed by atoms with Gasteiger partial charge >= 0.3 is 0 Å². The van der Waals surface area contributed by atoms with Gasteiger partial charge in [-0.1, -0.05) is 28.1 Å². The number of carbonyl (C=O) groups excluding carboxylic acids is 1. The Morgan fingerprint density at radius 3 is 2.44 bits per heavy atom. The molecule has 0 aliphatic rings. The molecule has 3 N–H and O–H groups in total. The molecule has 0 aromatic heterocycles. The van der Waals surface area contributed by atoms with Crippen molar-refractivity contribution in [3.63, 3.8) is 0 Å². The van der Waals surface area contributed by atoms with E-state index in [4.69, 9.17) is 11.6 Å². The summed E-state index contributed by atoms with van der Waals surface area (Å²) in [7, 11) is 0. The summed E-state index contributed by atoms with van der Waals surface area (Å²) in [5, 5.41) is 22.7. The molecular weight excluding hydrogens is 321 g/mol. The van der Waals surface area contributed by atoms with Crippen molar-refractivity contribution in [2.75, 3.05) is 16.5 Å². The molecule has 18 heavy (non-hydrogen) atoms. The number of nitrogens with one attached hydrogen (secondary N) is 1. The van der Waals surface area contributed by atoms with Gasteiger partial charge in [0.2, 0.25) is 5.91 Å². The molecule has 0 saturated carbocycles. The number of aliphatic hydroxyl groups is 2. The molecule has 2 atom stereocenters. The Balaban J connectivity index is 2.67. The van der Waals surface area contributed by atoms with E-state index in [1.165, 1.54) is 0 Å². The fourth-order valence-electron chi connectivity index (χ4n) is 1.45. The molecule has 6 heteroatoms. The van der Waals surface area contributed by atoms with Gasteiger partial charge in [-0.3, -0.25) is 4.79 Å². The van der Waals surface area contributed by atoms with E-state index in [1.54, 1.807) is 24.3 Å². The Labute approximate surface area is 119 Å². The molecule has 100 valence electrons. The summed E-state index contributed by atoms with van der Waals surface area (Å²) in [6.07, 6.45) is -1.28. The first-order valence-electron chi connectivity index (χ1n) is 5.46. The number of aliphatic hydroxyl groups excluding tert-OH is 2. The summed E-state index contributed by atoms with van der Waals surface area (Å²) in [4.78, 5) is 11.1. The van der Waals surface area contributed by atoms with Crippen LogP contribution in [0.1, 0.15) is 18.1 Å². The van der Waals surface area contributed by atoms with Crippen LogP contribution in [-0.2, 0) is 4.79 Å². The lowest BCUT2D eigenvalue weighted by Gasteiger charge is -2.17. The van der Waals surface area contributed by atoms with E-state index >= 15 is 0 Å². The van der Waals surface area contributed by atoms with Gasteiger partial charge in [0.1, 0.15) is 12.0 Å². The van der Waals surface area contributed by atoms with Gasteiger partial charge in [-0.15, -0.1) is 11.6 Å². The molecule has 0 fully saturated rings. The van der Waals surface area contributed by atoms with E-state index < -0.39 is 12.2 Å².